The second kappa shape index (κ2) is 6.64. The zero-order chi connectivity index (χ0) is 20.1. The molecular weight excluding hydrogens is 390 g/mol. The van der Waals surface area contributed by atoms with E-state index in [0.29, 0.717) is 27.3 Å². The first-order valence-corrected chi connectivity index (χ1v) is 9.57. The quantitative estimate of drug-likeness (QED) is 0.476. The minimum atomic E-state index is -0.582. The number of amides is 1. The van der Waals surface area contributed by atoms with E-state index in [9.17, 15) is 9.59 Å². The molecule has 6 heteroatoms. The van der Waals surface area contributed by atoms with Crippen molar-refractivity contribution < 1.29 is 13.6 Å². The Morgan fingerprint density at radius 3 is 2.59 bits per heavy atom. The molecule has 3 heterocycles. The van der Waals surface area contributed by atoms with Crippen LogP contribution in [0.2, 0.25) is 5.02 Å². The highest BCUT2D eigenvalue weighted by molar-refractivity contribution is 6.30. The molecule has 0 unspecified atom stereocenters. The van der Waals surface area contributed by atoms with Gasteiger partial charge in [-0.15, -0.1) is 0 Å². The van der Waals surface area contributed by atoms with E-state index in [4.69, 9.17) is 20.4 Å². The Kier molecular flexibility index (Phi) is 4.07. The van der Waals surface area contributed by atoms with Crippen LogP contribution >= 0.6 is 11.6 Å². The summed E-state index contributed by atoms with van der Waals surface area (Å²) < 4.78 is 11.4. The number of carbonyl (C=O) groups is 1. The van der Waals surface area contributed by atoms with Crippen LogP contribution < -0.4 is 5.43 Å². The Bertz CT molecular complexity index is 1290. The predicted octanol–water partition coefficient (Wildman–Crippen LogP) is 5.09. The normalized spacial score (nSPS) is 15.9. The number of benzene rings is 2. The third-order valence-electron chi connectivity index (χ3n) is 5.21. The number of hydrogen-bond donors (Lipinski definition) is 0. The van der Waals surface area contributed by atoms with Gasteiger partial charge < -0.3 is 13.7 Å². The molecule has 2 aromatic heterocycles. The van der Waals surface area contributed by atoms with E-state index in [1.807, 2.05) is 25.1 Å². The highest BCUT2D eigenvalue weighted by Gasteiger charge is 2.43. The van der Waals surface area contributed by atoms with E-state index >= 15 is 0 Å². The average molecular weight is 406 g/mol. The molecule has 1 amide bonds. The van der Waals surface area contributed by atoms with Crippen molar-refractivity contribution in [3.05, 3.63) is 104 Å². The number of fused-ring (bicyclic) bond motifs is 2. The Hall–Kier alpha value is -3.31. The van der Waals surface area contributed by atoms with Crippen LogP contribution in [0.5, 0.6) is 0 Å². The third-order valence-corrected chi connectivity index (χ3v) is 5.47. The van der Waals surface area contributed by atoms with Gasteiger partial charge in [-0.2, -0.15) is 0 Å². The predicted molar refractivity (Wildman–Crippen MR) is 109 cm³/mol. The summed E-state index contributed by atoms with van der Waals surface area (Å²) in [6, 6.07) is 15.5. The van der Waals surface area contributed by atoms with Gasteiger partial charge in [0.15, 0.2) is 5.43 Å². The highest BCUT2D eigenvalue weighted by Crippen LogP contribution is 2.39. The van der Waals surface area contributed by atoms with Crippen molar-refractivity contribution in [3.8, 4) is 0 Å². The van der Waals surface area contributed by atoms with Gasteiger partial charge in [-0.25, -0.2) is 0 Å². The van der Waals surface area contributed by atoms with Crippen LogP contribution in [0, 0.1) is 6.92 Å². The lowest BCUT2D eigenvalue weighted by atomic mass is 9.98. The van der Waals surface area contributed by atoms with Crippen LogP contribution in [-0.2, 0) is 6.54 Å². The first-order chi connectivity index (χ1) is 14.0. The number of carbonyl (C=O) groups excluding carboxylic acids is 1. The van der Waals surface area contributed by atoms with Crippen molar-refractivity contribution in [3.63, 3.8) is 0 Å². The molecule has 144 valence electrons. The maximum Gasteiger partial charge on any atom is 0.291 e. The molecule has 0 spiro atoms. The van der Waals surface area contributed by atoms with Gasteiger partial charge in [0.05, 0.1) is 29.8 Å². The largest absolute Gasteiger partial charge is 0.467 e. The van der Waals surface area contributed by atoms with Gasteiger partial charge in [0, 0.05) is 5.02 Å². The smallest absolute Gasteiger partial charge is 0.291 e. The minimum absolute atomic E-state index is 0.0814. The molecule has 4 aromatic rings. The van der Waals surface area contributed by atoms with Crippen LogP contribution in [0.15, 0.2) is 74.5 Å². The number of nitrogens with zero attached hydrogens (tertiary/aromatic N) is 1. The van der Waals surface area contributed by atoms with Crippen molar-refractivity contribution in [2.24, 2.45) is 0 Å². The summed E-state index contributed by atoms with van der Waals surface area (Å²) in [5.74, 6) is 0.367. The van der Waals surface area contributed by atoms with E-state index in [1.165, 1.54) is 0 Å². The molecule has 5 nitrogen and oxygen atoms in total. The fraction of sp³-hybridized carbons (Fsp3) is 0.130. The van der Waals surface area contributed by atoms with Crippen molar-refractivity contribution in [1.29, 1.82) is 0 Å². The molecule has 2 aromatic carbocycles. The van der Waals surface area contributed by atoms with Gasteiger partial charge in [-0.05, 0) is 48.9 Å². The minimum Gasteiger partial charge on any atom is -0.467 e. The molecule has 5 rings (SSSR count). The summed E-state index contributed by atoms with van der Waals surface area (Å²) in [5.41, 5.74) is 2.29. The molecule has 1 aliphatic heterocycles. The summed E-state index contributed by atoms with van der Waals surface area (Å²) in [4.78, 5) is 28.3. The van der Waals surface area contributed by atoms with Gasteiger partial charge in [0.2, 0.25) is 5.76 Å². The summed E-state index contributed by atoms with van der Waals surface area (Å²) in [5, 5.41) is 1.05. The van der Waals surface area contributed by atoms with Gasteiger partial charge in [0.1, 0.15) is 11.3 Å². The average Bonchev–Trinajstić information content (AvgIpc) is 3.32. The van der Waals surface area contributed by atoms with E-state index in [0.717, 1.165) is 11.1 Å². The van der Waals surface area contributed by atoms with Crippen LogP contribution in [0.25, 0.3) is 11.0 Å². The van der Waals surface area contributed by atoms with Crippen LogP contribution in [0.3, 0.4) is 0 Å². The zero-order valence-electron chi connectivity index (χ0n) is 15.5. The fourth-order valence-corrected chi connectivity index (χ4v) is 3.99. The molecule has 29 heavy (non-hydrogen) atoms. The first-order valence-electron chi connectivity index (χ1n) is 9.19. The van der Waals surface area contributed by atoms with Crippen molar-refractivity contribution in [2.75, 3.05) is 0 Å². The van der Waals surface area contributed by atoms with Crippen LogP contribution in [0.1, 0.15) is 39.0 Å². The van der Waals surface area contributed by atoms with Gasteiger partial charge >= 0.3 is 0 Å². The standard InChI is InChI=1S/C23H16ClNO4/c1-13-4-9-18-17(11-13)21(26)19-20(14-5-7-15(24)8-6-14)25(23(27)22(19)29-18)12-16-3-2-10-28-16/h2-11,20H,12H2,1H3/t20-/m1/s1. The summed E-state index contributed by atoms with van der Waals surface area (Å²) in [7, 11) is 0. The van der Waals surface area contributed by atoms with E-state index in [-0.39, 0.29) is 23.6 Å². The highest BCUT2D eigenvalue weighted by atomic mass is 35.5. The molecule has 0 saturated carbocycles. The third kappa shape index (κ3) is 2.86. The number of furan rings is 1. The molecule has 1 aliphatic rings. The second-order valence-electron chi connectivity index (χ2n) is 7.14. The molecule has 0 aliphatic carbocycles. The molecule has 0 saturated heterocycles. The lowest BCUT2D eigenvalue weighted by Gasteiger charge is -2.24. The SMILES string of the molecule is Cc1ccc2oc3c(c(=O)c2c1)[C@@H](c1ccc(Cl)cc1)N(Cc1ccco1)C3=O. The summed E-state index contributed by atoms with van der Waals surface area (Å²) in [6.45, 7) is 2.13. The number of rotatable bonds is 3. The topological polar surface area (TPSA) is 63.7 Å². The van der Waals surface area contributed by atoms with E-state index in [2.05, 4.69) is 0 Å². The maximum absolute atomic E-state index is 13.4. The first kappa shape index (κ1) is 17.8. The number of aryl methyl sites for hydroxylation is 1. The van der Waals surface area contributed by atoms with Crippen molar-refractivity contribution in [2.45, 2.75) is 19.5 Å². The molecular formula is C23H16ClNO4. The lowest BCUT2D eigenvalue weighted by Crippen LogP contribution is -2.29. The zero-order valence-corrected chi connectivity index (χ0v) is 16.3. The number of hydrogen-bond acceptors (Lipinski definition) is 4. The van der Waals surface area contributed by atoms with Crippen LogP contribution in [0.4, 0.5) is 0 Å². The Labute approximate surface area is 171 Å². The maximum atomic E-state index is 13.4. The van der Waals surface area contributed by atoms with E-state index in [1.54, 1.807) is 47.6 Å². The van der Waals surface area contributed by atoms with Crippen LogP contribution in [-0.4, -0.2) is 10.8 Å². The Morgan fingerprint density at radius 2 is 1.86 bits per heavy atom. The van der Waals surface area contributed by atoms with Gasteiger partial charge in [-0.1, -0.05) is 35.4 Å². The van der Waals surface area contributed by atoms with Crippen molar-refractivity contribution >= 4 is 28.5 Å². The molecule has 0 fully saturated rings. The summed E-state index contributed by atoms with van der Waals surface area (Å²) >= 11 is 6.05. The van der Waals surface area contributed by atoms with Gasteiger partial charge in [-0.3, -0.25) is 9.59 Å². The lowest BCUT2D eigenvalue weighted by molar-refractivity contribution is 0.0701. The number of halogens is 1. The second-order valence-corrected chi connectivity index (χ2v) is 7.58. The molecule has 0 bridgehead atoms. The Morgan fingerprint density at radius 1 is 1.07 bits per heavy atom. The molecule has 0 N–H and O–H groups in total. The fourth-order valence-electron chi connectivity index (χ4n) is 3.86. The van der Waals surface area contributed by atoms with Crippen molar-refractivity contribution in [1.82, 2.24) is 4.90 Å². The van der Waals surface area contributed by atoms with Gasteiger partial charge in [0.25, 0.3) is 5.91 Å². The monoisotopic (exact) mass is 405 g/mol. The molecule has 1 atom stereocenters. The summed E-state index contributed by atoms with van der Waals surface area (Å²) in [6.07, 6.45) is 1.56. The van der Waals surface area contributed by atoms with E-state index < -0.39 is 6.04 Å². The Balaban J connectivity index is 1.75. The molecule has 0 radical (unpaired) electrons.